The van der Waals surface area contributed by atoms with Crippen LogP contribution in [0.5, 0.6) is 11.5 Å². The number of nitrogens with two attached hydrogens (primary N) is 5. The van der Waals surface area contributed by atoms with Gasteiger partial charge in [0.1, 0.15) is 17.3 Å². The van der Waals surface area contributed by atoms with Gasteiger partial charge in [-0.05, 0) is 191 Å². The minimum Gasteiger partial charge on any atom is -0.497 e. The van der Waals surface area contributed by atoms with Crippen molar-refractivity contribution in [3.8, 4) is 11.5 Å². The van der Waals surface area contributed by atoms with E-state index in [0.29, 0.717) is 91.1 Å². The van der Waals surface area contributed by atoms with E-state index in [1.165, 1.54) is 25.3 Å². The van der Waals surface area contributed by atoms with Crippen molar-refractivity contribution in [2.75, 3.05) is 46.9 Å². The molecule has 125 heavy (non-hydrogen) atoms. The highest BCUT2D eigenvalue weighted by atomic mass is 35.5. The van der Waals surface area contributed by atoms with Gasteiger partial charge < -0.3 is 64.7 Å². The van der Waals surface area contributed by atoms with Crippen molar-refractivity contribution in [1.82, 2.24) is 26.6 Å². The van der Waals surface area contributed by atoms with E-state index in [1.807, 2.05) is 24.3 Å². The van der Waals surface area contributed by atoms with E-state index >= 15 is 0 Å². The highest BCUT2D eigenvalue weighted by Crippen LogP contribution is 2.34. The predicted molar refractivity (Wildman–Crippen MR) is 483 cm³/mol. The third-order valence-electron chi connectivity index (χ3n) is 16.7. The van der Waals surface area contributed by atoms with Crippen molar-refractivity contribution >= 4 is 155 Å². The number of ether oxygens (including phenoxy) is 2. The highest BCUT2D eigenvalue weighted by Gasteiger charge is 2.23. The van der Waals surface area contributed by atoms with Crippen LogP contribution in [0.4, 0.5) is 4.39 Å². The number of thioether (sulfide) groups is 5. The van der Waals surface area contributed by atoms with E-state index in [9.17, 15) is 76.3 Å². The van der Waals surface area contributed by atoms with Gasteiger partial charge in [-0.1, -0.05) is 154 Å². The number of hydrogen-bond donors (Lipinski definition) is 10. The zero-order chi connectivity index (χ0) is 91.5. The Labute approximate surface area is 746 Å². The fourth-order valence-corrected chi connectivity index (χ4v) is 14.8. The van der Waals surface area contributed by atoms with Crippen molar-refractivity contribution in [3.05, 3.63) is 315 Å². The van der Waals surface area contributed by atoms with Gasteiger partial charge in [0.2, 0.25) is 55.1 Å². The molecule has 0 aliphatic rings. The van der Waals surface area contributed by atoms with Gasteiger partial charge in [0.15, 0.2) is 0 Å². The fourth-order valence-electron chi connectivity index (χ4n) is 10.3. The minimum absolute atomic E-state index is 0.0182. The van der Waals surface area contributed by atoms with Crippen LogP contribution in [0.1, 0.15) is 162 Å². The maximum atomic E-state index is 13.2. The third-order valence-corrected chi connectivity index (χ3v) is 21.9. The molecule has 10 amide bonds. The molecule has 0 unspecified atom stereocenters. The number of carbonyl (C=O) groups excluding carboxylic acids is 15. The molecule has 0 atom stereocenters. The second kappa shape index (κ2) is 52.3. The third kappa shape index (κ3) is 35.7. The maximum Gasteiger partial charge on any atom is 0.252 e. The van der Waals surface area contributed by atoms with Crippen molar-refractivity contribution in [2.24, 2.45) is 28.7 Å². The van der Waals surface area contributed by atoms with E-state index in [-0.39, 0.29) is 125 Å². The number of nitrogens with one attached hydrogen (secondary N) is 5. The van der Waals surface area contributed by atoms with Gasteiger partial charge >= 0.3 is 0 Å². The number of hydrogen-bond acceptors (Lipinski definition) is 22. The molecule has 10 rings (SSSR count). The Hall–Kier alpha value is -13.2. The van der Waals surface area contributed by atoms with Crippen LogP contribution in [0.2, 0.25) is 5.02 Å². The Morgan fingerprint density at radius 1 is 0.304 bits per heavy atom. The normalized spacial score (nSPS) is 10.4. The summed E-state index contributed by atoms with van der Waals surface area (Å²) in [5.74, 6) is -3.54. The summed E-state index contributed by atoms with van der Waals surface area (Å²) in [6, 6.07) is 66.9. The first-order valence-corrected chi connectivity index (χ1v) is 42.4. The Bertz CT molecular complexity index is 5400. The number of amides is 10. The van der Waals surface area contributed by atoms with Gasteiger partial charge in [0.25, 0.3) is 29.5 Å². The maximum absolute atomic E-state index is 13.2. The first-order chi connectivity index (χ1) is 59.6. The molecule has 0 radical (unpaired) electrons. The summed E-state index contributed by atoms with van der Waals surface area (Å²) in [7, 11) is 3.08. The molecule has 27 nitrogen and oxygen atoms in total. The minimum atomic E-state index is -0.515. The van der Waals surface area contributed by atoms with Crippen LogP contribution in [0.15, 0.2) is 267 Å². The van der Waals surface area contributed by atoms with Gasteiger partial charge in [-0.3, -0.25) is 71.9 Å². The lowest BCUT2D eigenvalue weighted by Gasteiger charge is -2.19. The monoisotopic (exact) mass is 1810 g/mol. The molecule has 10 aromatic carbocycles. The smallest absolute Gasteiger partial charge is 0.252 e. The largest absolute Gasteiger partial charge is 0.497 e. The van der Waals surface area contributed by atoms with Crippen molar-refractivity contribution in [3.63, 3.8) is 0 Å². The van der Waals surface area contributed by atoms with Gasteiger partial charge in [0, 0.05) is 122 Å². The molecule has 0 heterocycles. The fraction of sp³-hybridized carbons (Fsp3) is 0.176. The number of rotatable bonds is 32. The van der Waals surface area contributed by atoms with E-state index in [4.69, 9.17) is 49.7 Å². The summed E-state index contributed by atoms with van der Waals surface area (Å²) in [6.45, 7) is 7.08. The summed E-state index contributed by atoms with van der Waals surface area (Å²) in [4.78, 5) is 180. The molecule has 0 saturated carbocycles. The highest BCUT2D eigenvalue weighted by molar-refractivity contribution is 8.15. The average molecular weight is 1810 g/mol. The molecule has 0 bridgehead atoms. The number of benzene rings is 10. The quantitative estimate of drug-likeness (QED) is 0.0175. The van der Waals surface area contributed by atoms with E-state index in [2.05, 4.69) is 47.4 Å². The Kier molecular flexibility index (Phi) is 42.1. The Morgan fingerprint density at radius 2 is 0.560 bits per heavy atom. The summed E-state index contributed by atoms with van der Waals surface area (Å²) >= 11 is 10.6. The van der Waals surface area contributed by atoms with Crippen LogP contribution in [-0.2, 0) is 29.4 Å². The van der Waals surface area contributed by atoms with Gasteiger partial charge in [-0.15, -0.1) is 0 Å². The van der Waals surface area contributed by atoms with Gasteiger partial charge in [-0.2, -0.15) is 0 Å². The number of halogens is 2. The molecule has 0 aromatic heterocycles. The van der Waals surface area contributed by atoms with Gasteiger partial charge in [-0.25, -0.2) is 4.39 Å². The van der Waals surface area contributed by atoms with E-state index in [0.717, 1.165) is 70.4 Å². The van der Waals surface area contributed by atoms with Crippen molar-refractivity contribution in [1.29, 1.82) is 0 Å². The first-order valence-electron chi connectivity index (χ1n) is 37.9. The molecule has 15 N–H and O–H groups in total. The molecule has 0 fully saturated rings. The van der Waals surface area contributed by atoms with Crippen LogP contribution in [0.25, 0.3) is 0 Å². The van der Waals surface area contributed by atoms with Crippen molar-refractivity contribution < 1.29 is 85.8 Å². The van der Waals surface area contributed by atoms with E-state index < -0.39 is 41.3 Å². The zero-order valence-corrected chi connectivity index (χ0v) is 73.1. The SMILES string of the molecule is CC(C)(C)c1ccc(C(=O)Sc2ccccc2C(=O)NCCC(N)=O)cc1.COc1ccc(C(=O)Sc2ccccc2C(=O)NCCC(N)=O)cc1.COc1cccc(C(=O)Sc2ccccc2C(=O)NCCC(N)=O)c1.NC(=O)CCNC(=O)c1ccccc1SC(=O)c1cccc(Cl)c1.NC(=O)CCNC(=O)c1ccccc1SC(=O)c1cccc(F)c1. The second-order valence-corrected chi connectivity index (χ2v) is 32.6. The molecular formula is C91H90ClFN10O17S5. The molecule has 0 spiro atoms. The molecule has 34 heteroatoms. The topological polar surface area (TPSA) is 465 Å². The van der Waals surface area contributed by atoms with Gasteiger partial charge in [0.05, 0.1) is 42.0 Å². The summed E-state index contributed by atoms with van der Waals surface area (Å²) in [5.41, 5.74) is 30.4. The van der Waals surface area contributed by atoms with Crippen LogP contribution in [-0.4, -0.2) is 132 Å². The van der Waals surface area contributed by atoms with Crippen molar-refractivity contribution in [2.45, 2.75) is 82.8 Å². The summed E-state index contributed by atoms with van der Waals surface area (Å²) in [6.07, 6.45) is 0.279. The lowest BCUT2D eigenvalue weighted by molar-refractivity contribution is -0.118. The van der Waals surface area contributed by atoms with E-state index in [1.54, 1.807) is 201 Å². The number of methoxy groups -OCH3 is 2. The van der Waals surface area contributed by atoms with Crippen LogP contribution < -0.4 is 64.7 Å². The second-order valence-electron chi connectivity index (χ2n) is 27.1. The number of primary amides is 5. The van der Waals surface area contributed by atoms with Crippen LogP contribution >= 0.6 is 70.4 Å². The molecule has 650 valence electrons. The lowest BCUT2D eigenvalue weighted by Crippen LogP contribution is -2.28. The summed E-state index contributed by atoms with van der Waals surface area (Å²) < 4.78 is 23.4. The van der Waals surface area contributed by atoms with Crippen LogP contribution in [0.3, 0.4) is 0 Å². The first kappa shape index (κ1) is 101. The average Bonchev–Trinajstić information content (AvgIpc) is 0.853. The Balaban J connectivity index is 0.000000242. The molecule has 0 aliphatic carbocycles. The predicted octanol–water partition coefficient (Wildman–Crippen LogP) is 13.2. The summed E-state index contributed by atoms with van der Waals surface area (Å²) in [5, 5.41) is 12.4. The molecule has 10 aromatic rings. The molecular weight excluding hydrogens is 1720 g/mol. The Morgan fingerprint density at radius 3 is 0.832 bits per heavy atom. The molecule has 0 aliphatic heterocycles. The standard InChI is InChI=1S/C21H24N2O3S.2C18H18N2O4S.C17H15ClN2O3S.C17H15FN2O3S/c1-21(2,3)15-10-8-14(9-11-15)20(26)27-17-7-5-4-6-16(17)19(25)23-13-12-18(22)24;1-24-13-6-4-5-12(11-13)18(23)25-15-8-3-2-7-14(15)17(22)20-10-9-16(19)21;1-24-13-8-6-12(7-9-13)18(23)25-15-5-3-2-4-14(15)17(22)20-11-10-16(19)21;2*18-12-5-3-4-11(10-12)17(23)24-14-7-2-1-6-13(14)16(22)20-9-8-15(19)21/h4-11H,12-13H2,1-3H3,(H2,22,24)(H,23,25);2-8,11H,9-10H2,1H3,(H2,19,21)(H,20,22);2-9H,10-11H2,1H3,(H2,19,21)(H,20,22);2*1-7,10H,8-9H2,(H2,19,21)(H,20,22). The number of carbonyl (C=O) groups is 15. The zero-order valence-electron chi connectivity index (χ0n) is 68.3. The lowest BCUT2D eigenvalue weighted by atomic mass is 9.87. The van der Waals surface area contributed by atoms with Crippen LogP contribution in [0, 0.1) is 5.82 Å². The molecule has 0 saturated heterocycles.